The molecule has 0 amide bonds. The highest BCUT2D eigenvalue weighted by Crippen LogP contribution is 2.23. The van der Waals surface area contributed by atoms with Gasteiger partial charge in [0.2, 0.25) is 0 Å². The zero-order chi connectivity index (χ0) is 11.4. The molecule has 0 saturated carbocycles. The molecule has 1 saturated heterocycles. The van der Waals surface area contributed by atoms with Gasteiger partial charge < -0.3 is 9.47 Å². The van der Waals surface area contributed by atoms with Crippen LogP contribution in [-0.2, 0) is 10.1 Å². The van der Waals surface area contributed by atoms with E-state index in [1.165, 1.54) is 0 Å². The maximum Gasteiger partial charge on any atom is 0.142 e. The van der Waals surface area contributed by atoms with Crippen LogP contribution >= 0.6 is 15.9 Å². The van der Waals surface area contributed by atoms with Crippen LogP contribution in [0.25, 0.3) is 0 Å². The molecular formula is C12H16BrNO2. The third kappa shape index (κ3) is 2.95. The van der Waals surface area contributed by atoms with E-state index in [2.05, 4.69) is 20.9 Å². The molecule has 0 aliphatic carbocycles. The van der Waals surface area contributed by atoms with Crippen molar-refractivity contribution in [2.75, 3.05) is 13.2 Å². The number of aryl methyl sites for hydroxylation is 1. The maximum absolute atomic E-state index is 5.91. The van der Waals surface area contributed by atoms with E-state index >= 15 is 0 Å². The van der Waals surface area contributed by atoms with E-state index in [9.17, 15) is 0 Å². The molecule has 2 rings (SSSR count). The number of aromatic nitrogens is 1. The molecule has 1 atom stereocenters. The zero-order valence-electron chi connectivity index (χ0n) is 9.41. The van der Waals surface area contributed by atoms with Crippen molar-refractivity contribution in [3.05, 3.63) is 23.5 Å². The molecule has 1 fully saturated rings. The van der Waals surface area contributed by atoms with Gasteiger partial charge >= 0.3 is 0 Å². The fraction of sp³-hybridized carbons (Fsp3) is 0.583. The number of halogens is 1. The molecule has 0 radical (unpaired) electrons. The Bertz CT molecular complexity index is 351. The fourth-order valence-electron chi connectivity index (χ4n) is 1.78. The molecule has 3 nitrogen and oxygen atoms in total. The number of nitrogens with zero attached hydrogens (tertiary/aromatic N) is 1. The number of rotatable bonds is 3. The molecule has 1 aliphatic heterocycles. The molecular weight excluding hydrogens is 270 g/mol. The van der Waals surface area contributed by atoms with Crippen LogP contribution in [0.2, 0.25) is 0 Å². The molecule has 4 heteroatoms. The minimum absolute atomic E-state index is 0.177. The van der Waals surface area contributed by atoms with Crippen LogP contribution in [0.1, 0.15) is 24.2 Å². The first-order valence-electron chi connectivity index (χ1n) is 5.56. The van der Waals surface area contributed by atoms with Crippen LogP contribution in [0.3, 0.4) is 0 Å². The van der Waals surface area contributed by atoms with Gasteiger partial charge in [-0.2, -0.15) is 0 Å². The van der Waals surface area contributed by atoms with Gasteiger partial charge in [-0.3, -0.25) is 4.98 Å². The first-order chi connectivity index (χ1) is 7.79. The van der Waals surface area contributed by atoms with Crippen molar-refractivity contribution >= 4 is 15.9 Å². The molecule has 1 aliphatic rings. The Morgan fingerprint density at radius 1 is 1.56 bits per heavy atom. The van der Waals surface area contributed by atoms with E-state index in [1.54, 1.807) is 0 Å². The summed E-state index contributed by atoms with van der Waals surface area (Å²) in [5.74, 6) is 0.873. The smallest absolute Gasteiger partial charge is 0.142 e. The summed E-state index contributed by atoms with van der Waals surface area (Å²) in [4.78, 5) is 4.44. The predicted octanol–water partition coefficient (Wildman–Crippen LogP) is 2.84. The summed E-state index contributed by atoms with van der Waals surface area (Å²) in [5.41, 5.74) is 1.98. The Labute approximate surface area is 104 Å². The first-order valence-corrected chi connectivity index (χ1v) is 6.68. The Morgan fingerprint density at radius 3 is 3.12 bits per heavy atom. The van der Waals surface area contributed by atoms with Gasteiger partial charge in [-0.25, -0.2) is 0 Å². The van der Waals surface area contributed by atoms with Crippen LogP contribution in [0.4, 0.5) is 0 Å². The highest BCUT2D eigenvalue weighted by Gasteiger charge is 2.17. The average Bonchev–Trinajstić information content (AvgIpc) is 2.33. The van der Waals surface area contributed by atoms with Crippen LogP contribution in [0.15, 0.2) is 12.1 Å². The lowest BCUT2D eigenvalue weighted by Gasteiger charge is -2.24. The van der Waals surface area contributed by atoms with Crippen molar-refractivity contribution in [2.45, 2.75) is 31.2 Å². The van der Waals surface area contributed by atoms with Crippen molar-refractivity contribution in [2.24, 2.45) is 0 Å². The highest BCUT2D eigenvalue weighted by atomic mass is 79.9. The zero-order valence-corrected chi connectivity index (χ0v) is 11.0. The predicted molar refractivity (Wildman–Crippen MR) is 66.1 cm³/mol. The Balaban J connectivity index is 2.07. The van der Waals surface area contributed by atoms with Crippen LogP contribution in [0.5, 0.6) is 5.75 Å². The van der Waals surface area contributed by atoms with E-state index in [0.29, 0.717) is 6.61 Å². The van der Waals surface area contributed by atoms with Crippen molar-refractivity contribution in [3.63, 3.8) is 0 Å². The SMILES string of the molecule is Cc1ccc(OC2CCCOC2)c(CBr)n1. The van der Waals surface area contributed by atoms with E-state index in [1.807, 2.05) is 19.1 Å². The Kier molecular flexibility index (Phi) is 4.18. The largest absolute Gasteiger partial charge is 0.486 e. The topological polar surface area (TPSA) is 31.4 Å². The molecule has 0 aromatic carbocycles. The van der Waals surface area contributed by atoms with Gasteiger partial charge in [0.25, 0.3) is 0 Å². The lowest BCUT2D eigenvalue weighted by Crippen LogP contribution is -2.28. The van der Waals surface area contributed by atoms with Crippen molar-refractivity contribution in [1.82, 2.24) is 4.98 Å². The van der Waals surface area contributed by atoms with E-state index in [0.717, 1.165) is 41.9 Å². The second kappa shape index (κ2) is 5.64. The van der Waals surface area contributed by atoms with Crippen molar-refractivity contribution in [1.29, 1.82) is 0 Å². The summed E-state index contributed by atoms with van der Waals surface area (Å²) in [5, 5.41) is 0.720. The monoisotopic (exact) mass is 285 g/mol. The summed E-state index contributed by atoms with van der Waals surface area (Å²) in [6.45, 7) is 3.53. The van der Waals surface area contributed by atoms with E-state index in [4.69, 9.17) is 9.47 Å². The minimum Gasteiger partial charge on any atom is -0.486 e. The lowest BCUT2D eigenvalue weighted by molar-refractivity contribution is 0.00695. The molecule has 16 heavy (non-hydrogen) atoms. The van der Waals surface area contributed by atoms with Gasteiger partial charge in [0, 0.05) is 17.6 Å². The highest BCUT2D eigenvalue weighted by molar-refractivity contribution is 9.08. The number of hydrogen-bond donors (Lipinski definition) is 0. The molecule has 1 aromatic heterocycles. The third-order valence-electron chi connectivity index (χ3n) is 2.61. The number of pyridine rings is 1. The quantitative estimate of drug-likeness (QED) is 0.801. The Hall–Kier alpha value is -0.610. The van der Waals surface area contributed by atoms with Crippen LogP contribution < -0.4 is 4.74 Å². The summed E-state index contributed by atoms with van der Waals surface area (Å²) in [7, 11) is 0. The molecule has 1 unspecified atom stereocenters. The molecule has 2 heterocycles. The summed E-state index contributed by atoms with van der Waals surface area (Å²) < 4.78 is 11.3. The van der Waals surface area contributed by atoms with E-state index < -0.39 is 0 Å². The average molecular weight is 286 g/mol. The molecule has 0 N–H and O–H groups in total. The summed E-state index contributed by atoms with van der Waals surface area (Å²) >= 11 is 3.43. The molecule has 88 valence electrons. The Morgan fingerprint density at radius 2 is 2.44 bits per heavy atom. The second-order valence-corrected chi connectivity index (χ2v) is 4.55. The number of hydrogen-bond acceptors (Lipinski definition) is 3. The van der Waals surface area contributed by atoms with Gasteiger partial charge in [-0.1, -0.05) is 15.9 Å². The number of ether oxygens (including phenoxy) is 2. The molecule has 1 aromatic rings. The van der Waals surface area contributed by atoms with Crippen molar-refractivity contribution in [3.8, 4) is 5.75 Å². The van der Waals surface area contributed by atoms with Gasteiger partial charge in [0.15, 0.2) is 0 Å². The summed E-state index contributed by atoms with van der Waals surface area (Å²) in [6.07, 6.45) is 2.32. The van der Waals surface area contributed by atoms with Crippen molar-refractivity contribution < 1.29 is 9.47 Å². The second-order valence-electron chi connectivity index (χ2n) is 3.99. The number of alkyl halides is 1. The maximum atomic E-state index is 5.91. The molecule has 0 spiro atoms. The standard InChI is InChI=1S/C12H16BrNO2/c1-9-4-5-12(11(7-13)14-9)16-10-3-2-6-15-8-10/h4-5,10H,2-3,6-8H2,1H3. The minimum atomic E-state index is 0.177. The molecule has 0 bridgehead atoms. The first kappa shape index (κ1) is 11.9. The van der Waals surface area contributed by atoms with Gasteiger partial charge in [0.1, 0.15) is 11.9 Å². The normalized spacial score (nSPS) is 20.8. The van der Waals surface area contributed by atoms with Gasteiger partial charge in [0.05, 0.1) is 12.3 Å². The van der Waals surface area contributed by atoms with E-state index in [-0.39, 0.29) is 6.10 Å². The fourth-order valence-corrected chi connectivity index (χ4v) is 2.19. The summed E-state index contributed by atoms with van der Waals surface area (Å²) in [6, 6.07) is 3.97. The van der Waals surface area contributed by atoms with Gasteiger partial charge in [-0.05, 0) is 31.9 Å². The van der Waals surface area contributed by atoms with Gasteiger partial charge in [-0.15, -0.1) is 0 Å². The third-order valence-corrected chi connectivity index (χ3v) is 3.14. The van der Waals surface area contributed by atoms with Crippen LogP contribution in [-0.4, -0.2) is 24.3 Å². The van der Waals surface area contributed by atoms with Crippen LogP contribution in [0, 0.1) is 6.92 Å². The lowest BCUT2D eigenvalue weighted by atomic mass is 10.2.